The first-order valence-corrected chi connectivity index (χ1v) is 10.0. The lowest BCUT2D eigenvalue weighted by Crippen LogP contribution is -2.42. The Bertz CT molecular complexity index is 1090. The zero-order valence-corrected chi connectivity index (χ0v) is 16.6. The van der Waals surface area contributed by atoms with Crippen LogP contribution >= 0.6 is 11.6 Å². The summed E-state index contributed by atoms with van der Waals surface area (Å²) in [6.45, 7) is 1.12. The molecule has 0 aliphatic carbocycles. The van der Waals surface area contributed by atoms with Gasteiger partial charge in [0.15, 0.2) is 17.2 Å². The number of amides is 1. The lowest BCUT2D eigenvalue weighted by molar-refractivity contribution is 0.0681. The lowest BCUT2D eigenvalue weighted by Gasteiger charge is -2.39. The molecule has 0 saturated carbocycles. The van der Waals surface area contributed by atoms with Crippen molar-refractivity contribution >= 4 is 17.5 Å². The van der Waals surface area contributed by atoms with Crippen molar-refractivity contribution < 1.29 is 23.2 Å². The van der Waals surface area contributed by atoms with Crippen LogP contribution < -0.4 is 9.47 Å². The Kier molecular flexibility index (Phi) is 4.83. The molecule has 0 N–H and O–H groups in total. The zero-order chi connectivity index (χ0) is 20.7. The molecule has 154 valence electrons. The fraction of sp³-hybridized carbons (Fsp3) is 0.273. The average Bonchev–Trinajstić information content (AvgIpc) is 3.46. The highest BCUT2D eigenvalue weighted by Gasteiger charge is 2.36. The fourth-order valence-electron chi connectivity index (χ4n) is 4.27. The van der Waals surface area contributed by atoms with Crippen LogP contribution in [0.15, 0.2) is 53.3 Å². The van der Waals surface area contributed by atoms with Crippen LogP contribution in [0.1, 0.15) is 39.9 Å². The molecule has 30 heavy (non-hydrogen) atoms. The van der Waals surface area contributed by atoms with Crippen LogP contribution in [-0.4, -0.2) is 35.8 Å². The second-order valence-corrected chi connectivity index (χ2v) is 7.82. The van der Waals surface area contributed by atoms with E-state index in [1.807, 2.05) is 18.2 Å². The lowest BCUT2D eigenvalue weighted by atomic mass is 9.76. The Balaban J connectivity index is 1.52. The first-order valence-electron chi connectivity index (χ1n) is 9.64. The van der Waals surface area contributed by atoms with Gasteiger partial charge in [0.25, 0.3) is 5.91 Å². The number of likely N-dealkylation sites (tertiary alicyclic amines) is 1. The Morgan fingerprint density at radius 2 is 1.97 bits per heavy atom. The number of ether oxygens (including phenoxy) is 2. The smallest absolute Gasteiger partial charge is 0.276 e. The summed E-state index contributed by atoms with van der Waals surface area (Å²) in [7, 11) is 0. The van der Waals surface area contributed by atoms with Gasteiger partial charge >= 0.3 is 0 Å². The Morgan fingerprint density at radius 1 is 1.10 bits per heavy atom. The molecule has 3 heterocycles. The number of halogens is 2. The minimum absolute atomic E-state index is 0.0602. The highest BCUT2D eigenvalue weighted by molar-refractivity contribution is 6.31. The Labute approximate surface area is 177 Å². The second kappa shape index (κ2) is 7.65. The van der Waals surface area contributed by atoms with Crippen LogP contribution in [0.4, 0.5) is 4.39 Å². The Hall–Kier alpha value is -3.06. The van der Waals surface area contributed by atoms with Gasteiger partial charge in [-0.25, -0.2) is 4.39 Å². The van der Waals surface area contributed by atoms with Gasteiger partial charge in [-0.2, -0.15) is 0 Å². The van der Waals surface area contributed by atoms with E-state index in [9.17, 15) is 9.18 Å². The highest BCUT2D eigenvalue weighted by Crippen LogP contribution is 2.45. The molecular weight excluding hydrogens is 411 g/mol. The van der Waals surface area contributed by atoms with Crippen molar-refractivity contribution in [3.8, 4) is 11.5 Å². The molecule has 2 aromatic carbocycles. The molecule has 2 atom stereocenters. The van der Waals surface area contributed by atoms with Crippen LogP contribution in [0.3, 0.4) is 0 Å². The molecule has 1 amide bonds. The quantitative estimate of drug-likeness (QED) is 0.609. The summed E-state index contributed by atoms with van der Waals surface area (Å²) in [5.74, 6) is 0.651. The summed E-state index contributed by atoms with van der Waals surface area (Å²) >= 11 is 6.44. The van der Waals surface area contributed by atoms with Gasteiger partial charge < -0.3 is 18.9 Å². The van der Waals surface area contributed by atoms with Crippen molar-refractivity contribution in [2.45, 2.75) is 18.3 Å². The number of fused-ring (bicyclic) bond motifs is 1. The number of piperidine rings is 1. The van der Waals surface area contributed by atoms with Crippen LogP contribution in [0, 0.1) is 5.82 Å². The average molecular weight is 429 g/mol. The van der Waals surface area contributed by atoms with E-state index in [0.717, 1.165) is 11.1 Å². The number of nitrogens with zero attached hydrogens (tertiary/aromatic N) is 2. The maximum atomic E-state index is 14.0. The molecule has 1 aromatic heterocycles. The molecule has 6 nitrogen and oxygen atoms in total. The molecule has 0 spiro atoms. The molecule has 2 unspecified atom stereocenters. The molecule has 2 aliphatic rings. The third-order valence-electron chi connectivity index (χ3n) is 5.74. The first-order chi connectivity index (χ1) is 14.6. The topological polar surface area (TPSA) is 64.8 Å². The fourth-order valence-corrected chi connectivity index (χ4v) is 4.53. The van der Waals surface area contributed by atoms with E-state index >= 15 is 0 Å². The predicted molar refractivity (Wildman–Crippen MR) is 106 cm³/mol. The second-order valence-electron chi connectivity index (χ2n) is 7.42. The van der Waals surface area contributed by atoms with E-state index < -0.39 is 0 Å². The van der Waals surface area contributed by atoms with Crippen LogP contribution in [-0.2, 0) is 0 Å². The SMILES string of the molecule is O=C(c1ccon1)N1CCC(c2cc(F)ccc2Cl)C(c2ccc3c(c2)OCO3)C1. The molecule has 2 aliphatic heterocycles. The van der Waals surface area contributed by atoms with Gasteiger partial charge in [-0.3, -0.25) is 4.79 Å². The van der Waals surface area contributed by atoms with E-state index in [-0.39, 0.29) is 36.0 Å². The zero-order valence-electron chi connectivity index (χ0n) is 15.9. The van der Waals surface area contributed by atoms with Gasteiger partial charge in [0.1, 0.15) is 12.1 Å². The molecule has 8 heteroatoms. The maximum Gasteiger partial charge on any atom is 0.276 e. The van der Waals surface area contributed by atoms with E-state index in [4.69, 9.17) is 25.6 Å². The van der Waals surface area contributed by atoms with Crippen molar-refractivity contribution in [1.82, 2.24) is 10.1 Å². The van der Waals surface area contributed by atoms with Crippen LogP contribution in [0.2, 0.25) is 5.02 Å². The molecule has 1 fully saturated rings. The predicted octanol–water partition coefficient (Wildman–Crippen LogP) is 4.61. The summed E-state index contributed by atoms with van der Waals surface area (Å²) in [6, 6.07) is 11.7. The number of carbonyl (C=O) groups is 1. The van der Waals surface area contributed by atoms with Crippen molar-refractivity contribution in [2.24, 2.45) is 0 Å². The molecular formula is C22H18ClFN2O4. The number of benzene rings is 2. The van der Waals surface area contributed by atoms with E-state index in [2.05, 4.69) is 5.16 Å². The number of rotatable bonds is 3. The van der Waals surface area contributed by atoms with Gasteiger partial charge in [-0.1, -0.05) is 22.8 Å². The van der Waals surface area contributed by atoms with Crippen molar-refractivity contribution in [3.05, 3.63) is 76.4 Å². The van der Waals surface area contributed by atoms with E-state index in [0.29, 0.717) is 36.0 Å². The van der Waals surface area contributed by atoms with E-state index in [1.54, 1.807) is 17.0 Å². The number of hydrogen-bond acceptors (Lipinski definition) is 5. The summed E-state index contributed by atoms with van der Waals surface area (Å²) in [4.78, 5) is 14.6. The highest BCUT2D eigenvalue weighted by atomic mass is 35.5. The number of hydrogen-bond donors (Lipinski definition) is 0. The van der Waals surface area contributed by atoms with Gasteiger partial charge in [-0.15, -0.1) is 0 Å². The summed E-state index contributed by atoms with van der Waals surface area (Å²) in [6.07, 6.45) is 2.01. The van der Waals surface area contributed by atoms with Crippen molar-refractivity contribution in [1.29, 1.82) is 0 Å². The van der Waals surface area contributed by atoms with Crippen LogP contribution in [0.25, 0.3) is 0 Å². The molecule has 5 rings (SSSR count). The monoisotopic (exact) mass is 428 g/mol. The Morgan fingerprint density at radius 3 is 2.80 bits per heavy atom. The standard InChI is InChI=1S/C22H18ClFN2O4/c23-18-3-2-14(24)10-16(18)15-5-7-26(22(27)19-6-8-30-25-19)11-17(15)13-1-4-20-21(9-13)29-12-28-20/h1-4,6,8-10,15,17H,5,7,11-12H2. The maximum absolute atomic E-state index is 14.0. The summed E-state index contributed by atoms with van der Waals surface area (Å²) in [5.41, 5.74) is 1.98. The first kappa shape index (κ1) is 18.9. The van der Waals surface area contributed by atoms with Crippen LogP contribution in [0.5, 0.6) is 11.5 Å². The van der Waals surface area contributed by atoms with E-state index in [1.165, 1.54) is 18.4 Å². The minimum Gasteiger partial charge on any atom is -0.454 e. The minimum atomic E-state index is -0.333. The molecule has 1 saturated heterocycles. The molecule has 3 aromatic rings. The largest absolute Gasteiger partial charge is 0.454 e. The normalized spacial score (nSPS) is 20.4. The molecule has 0 bridgehead atoms. The third kappa shape index (κ3) is 3.39. The van der Waals surface area contributed by atoms with Gasteiger partial charge in [-0.05, 0) is 53.8 Å². The molecule has 0 radical (unpaired) electrons. The summed E-state index contributed by atoms with van der Waals surface area (Å²) in [5, 5.41) is 4.28. The van der Waals surface area contributed by atoms with Gasteiger partial charge in [0.2, 0.25) is 6.79 Å². The van der Waals surface area contributed by atoms with Crippen molar-refractivity contribution in [2.75, 3.05) is 19.9 Å². The van der Waals surface area contributed by atoms with Gasteiger partial charge in [0.05, 0.1) is 0 Å². The summed E-state index contributed by atoms with van der Waals surface area (Å²) < 4.78 is 29.8. The van der Waals surface area contributed by atoms with Crippen molar-refractivity contribution in [3.63, 3.8) is 0 Å². The van der Waals surface area contributed by atoms with Gasteiger partial charge in [0, 0.05) is 30.1 Å². The number of aromatic nitrogens is 1. The number of carbonyl (C=O) groups excluding carboxylic acids is 1. The third-order valence-corrected chi connectivity index (χ3v) is 6.08.